The number of hydrogen-bond acceptors (Lipinski definition) is 3. The average Bonchev–Trinajstić information content (AvgIpc) is 3.03. The van der Waals surface area contributed by atoms with E-state index in [4.69, 9.17) is 8.74 Å². The van der Waals surface area contributed by atoms with Gasteiger partial charge < -0.3 is 0 Å². The van der Waals surface area contributed by atoms with Crippen molar-refractivity contribution in [3.05, 3.63) is 0 Å². The summed E-state index contributed by atoms with van der Waals surface area (Å²) in [4.78, 5) is 0. The highest BCUT2D eigenvalue weighted by Crippen LogP contribution is 2.21. The molecule has 0 saturated carbocycles. The molecule has 0 aliphatic carbocycles. The van der Waals surface area contributed by atoms with Crippen LogP contribution in [0.3, 0.4) is 0 Å². The van der Waals surface area contributed by atoms with E-state index in [1.54, 1.807) is 0 Å². The minimum absolute atomic E-state index is 0.136. The van der Waals surface area contributed by atoms with Crippen LogP contribution in [-0.4, -0.2) is 19.6 Å². The average molecular weight is 673 g/mol. The summed E-state index contributed by atoms with van der Waals surface area (Å²) in [6.07, 6.45) is 50.0. The van der Waals surface area contributed by atoms with E-state index in [-0.39, 0.29) is 12.5 Å². The predicted molar refractivity (Wildman–Crippen MR) is 203 cm³/mol. The van der Waals surface area contributed by atoms with Crippen LogP contribution in [0.5, 0.6) is 0 Å². The Morgan fingerprint density at radius 1 is 0.370 bits per heavy atom. The molecule has 1 N–H and O–H groups in total. The molecule has 0 aromatic rings. The molecule has 4 nitrogen and oxygen atoms in total. The second-order valence-electron chi connectivity index (χ2n) is 14.8. The molecule has 1 unspecified atom stereocenters. The Balaban J connectivity index is 3.62. The lowest BCUT2D eigenvalue weighted by Gasteiger charge is -2.16. The lowest BCUT2D eigenvalue weighted by molar-refractivity contribution is 0.204. The number of hydrogen-bond donors (Lipinski definition) is 1. The highest BCUT2D eigenvalue weighted by Gasteiger charge is 2.13. The van der Waals surface area contributed by atoms with E-state index in [2.05, 4.69) is 13.8 Å². The molecule has 0 amide bonds. The molecular weight excluding hydrogens is 589 g/mol. The maximum Gasteiger partial charge on any atom is 0.397 e. The number of rotatable bonds is 40. The summed E-state index contributed by atoms with van der Waals surface area (Å²) < 4.78 is 36.1. The van der Waals surface area contributed by atoms with Gasteiger partial charge in [0.15, 0.2) is 0 Å². The molecule has 0 radical (unpaired) electrons. The van der Waals surface area contributed by atoms with Gasteiger partial charge in [0, 0.05) is 0 Å². The molecule has 0 aromatic heterocycles. The van der Waals surface area contributed by atoms with Crippen LogP contribution in [0.25, 0.3) is 0 Å². The van der Waals surface area contributed by atoms with Gasteiger partial charge in [0.25, 0.3) is 0 Å². The van der Waals surface area contributed by atoms with Gasteiger partial charge in [0.2, 0.25) is 0 Å². The maximum atomic E-state index is 11.1. The van der Waals surface area contributed by atoms with Gasteiger partial charge >= 0.3 is 10.4 Å². The van der Waals surface area contributed by atoms with Crippen molar-refractivity contribution in [1.29, 1.82) is 0 Å². The van der Waals surface area contributed by atoms with Gasteiger partial charge in [-0.2, -0.15) is 8.42 Å². The van der Waals surface area contributed by atoms with Gasteiger partial charge in [-0.05, 0) is 18.8 Å². The lowest BCUT2D eigenvalue weighted by Crippen LogP contribution is -2.14. The molecule has 0 aliphatic rings. The normalized spacial score (nSPS) is 12.7. The van der Waals surface area contributed by atoms with E-state index < -0.39 is 10.4 Å². The highest BCUT2D eigenvalue weighted by molar-refractivity contribution is 7.80. The SMILES string of the molecule is CCCCCCCCCCCCCCCCCCCCC(CCCCCCCCCCCCCCCCCCC)COS(=O)(=O)O. The van der Waals surface area contributed by atoms with Crippen molar-refractivity contribution < 1.29 is 17.2 Å². The van der Waals surface area contributed by atoms with Crippen molar-refractivity contribution >= 4 is 10.4 Å². The van der Waals surface area contributed by atoms with Crippen molar-refractivity contribution in [3.63, 3.8) is 0 Å². The smallest absolute Gasteiger partial charge is 0.264 e. The van der Waals surface area contributed by atoms with Gasteiger partial charge in [-0.25, -0.2) is 4.18 Å². The zero-order valence-corrected chi connectivity index (χ0v) is 32.3. The molecule has 278 valence electrons. The zero-order chi connectivity index (χ0) is 33.7. The van der Waals surface area contributed by atoms with Crippen LogP contribution in [0.1, 0.15) is 251 Å². The zero-order valence-electron chi connectivity index (χ0n) is 31.5. The summed E-state index contributed by atoms with van der Waals surface area (Å²) in [7, 11) is -4.34. The molecule has 0 bridgehead atoms. The molecular formula is C41H84O4S. The first-order valence-corrected chi connectivity index (χ1v) is 22.5. The summed E-state index contributed by atoms with van der Waals surface area (Å²) >= 11 is 0. The van der Waals surface area contributed by atoms with E-state index in [0.717, 1.165) is 25.7 Å². The summed E-state index contributed by atoms with van der Waals surface area (Å²) in [5.41, 5.74) is 0. The van der Waals surface area contributed by atoms with Crippen molar-refractivity contribution in [3.8, 4) is 0 Å². The summed E-state index contributed by atoms with van der Waals surface area (Å²) in [6.45, 7) is 4.71. The molecule has 0 aliphatic heterocycles. The van der Waals surface area contributed by atoms with E-state index in [1.807, 2.05) is 0 Å². The standard InChI is InChI=1S/C41H84O4S/c1-3-5-7-9-11-13-15-17-19-21-23-25-27-29-31-33-35-37-39-41(40-45-46(42,43)44)38-36-34-32-30-28-26-24-22-20-18-16-14-12-10-8-6-4-2/h41H,3-40H2,1-2H3,(H,42,43,44). The Morgan fingerprint density at radius 2 is 0.565 bits per heavy atom. The Labute approximate surface area is 290 Å². The molecule has 0 heterocycles. The van der Waals surface area contributed by atoms with Gasteiger partial charge in [-0.15, -0.1) is 0 Å². The Kier molecular flexibility index (Phi) is 37.6. The van der Waals surface area contributed by atoms with Crippen LogP contribution in [0.15, 0.2) is 0 Å². The van der Waals surface area contributed by atoms with Crippen molar-refractivity contribution in [2.75, 3.05) is 6.61 Å². The Bertz CT molecular complexity index is 665. The lowest BCUT2D eigenvalue weighted by atomic mass is 9.94. The van der Waals surface area contributed by atoms with Crippen molar-refractivity contribution in [2.45, 2.75) is 251 Å². The third-order valence-corrected chi connectivity index (χ3v) is 10.6. The monoisotopic (exact) mass is 673 g/mol. The van der Waals surface area contributed by atoms with Crippen molar-refractivity contribution in [2.24, 2.45) is 5.92 Å². The molecule has 0 aromatic carbocycles. The van der Waals surface area contributed by atoms with Crippen LogP contribution < -0.4 is 0 Å². The first kappa shape index (κ1) is 45.9. The maximum absolute atomic E-state index is 11.1. The predicted octanol–water partition coefficient (Wildman–Crippen LogP) is 14.9. The topological polar surface area (TPSA) is 63.6 Å². The summed E-state index contributed by atoms with van der Waals surface area (Å²) in [6, 6.07) is 0. The molecule has 1 atom stereocenters. The van der Waals surface area contributed by atoms with E-state index in [1.165, 1.54) is 212 Å². The first-order valence-electron chi connectivity index (χ1n) is 21.1. The third kappa shape index (κ3) is 40.0. The fourth-order valence-electron chi connectivity index (χ4n) is 6.99. The molecule has 5 heteroatoms. The van der Waals surface area contributed by atoms with Gasteiger partial charge in [-0.1, -0.05) is 239 Å². The van der Waals surface area contributed by atoms with Crippen LogP contribution in [0.2, 0.25) is 0 Å². The fraction of sp³-hybridized carbons (Fsp3) is 1.00. The third-order valence-electron chi connectivity index (χ3n) is 10.1. The summed E-state index contributed by atoms with van der Waals surface area (Å²) in [5, 5.41) is 0. The largest absolute Gasteiger partial charge is 0.397 e. The molecule has 46 heavy (non-hydrogen) atoms. The van der Waals surface area contributed by atoms with Crippen molar-refractivity contribution in [1.82, 2.24) is 0 Å². The van der Waals surface area contributed by atoms with E-state index in [9.17, 15) is 8.42 Å². The minimum Gasteiger partial charge on any atom is -0.264 e. The number of unbranched alkanes of at least 4 members (excludes halogenated alkanes) is 33. The Hall–Kier alpha value is -0.130. The highest BCUT2D eigenvalue weighted by atomic mass is 32.3. The van der Waals surface area contributed by atoms with Crippen LogP contribution in [0.4, 0.5) is 0 Å². The van der Waals surface area contributed by atoms with Crippen LogP contribution >= 0.6 is 0 Å². The summed E-state index contributed by atoms with van der Waals surface area (Å²) in [5.74, 6) is 0.235. The first-order chi connectivity index (χ1) is 22.5. The minimum atomic E-state index is -4.34. The van der Waals surface area contributed by atoms with Gasteiger partial charge in [0.1, 0.15) is 0 Å². The van der Waals surface area contributed by atoms with Crippen LogP contribution in [-0.2, 0) is 14.6 Å². The fourth-order valence-corrected chi connectivity index (χ4v) is 7.35. The van der Waals surface area contributed by atoms with Gasteiger partial charge in [0.05, 0.1) is 6.61 Å². The van der Waals surface area contributed by atoms with Gasteiger partial charge in [-0.3, -0.25) is 4.55 Å². The Morgan fingerprint density at radius 3 is 0.761 bits per heavy atom. The van der Waals surface area contributed by atoms with E-state index >= 15 is 0 Å². The second kappa shape index (κ2) is 37.7. The molecule has 0 fully saturated rings. The second-order valence-corrected chi connectivity index (χ2v) is 15.9. The van der Waals surface area contributed by atoms with Crippen LogP contribution in [0, 0.1) is 5.92 Å². The quantitative estimate of drug-likeness (QED) is 0.0520. The molecule has 0 spiro atoms. The molecule has 0 saturated heterocycles. The molecule has 0 rings (SSSR count). The van der Waals surface area contributed by atoms with E-state index in [0.29, 0.717) is 0 Å².